The van der Waals surface area contributed by atoms with Gasteiger partial charge in [0.15, 0.2) is 0 Å². The molecule has 0 aliphatic carbocycles. The molecule has 1 N–H and O–H groups in total. The molecule has 88 valence electrons. The summed E-state index contributed by atoms with van der Waals surface area (Å²) in [5, 5.41) is 3.38. The Morgan fingerprint density at radius 2 is 2.25 bits per heavy atom. The fourth-order valence-corrected chi connectivity index (χ4v) is 1.74. The number of hydrogen-bond acceptors (Lipinski definition) is 1. The number of alkyl halides is 1. The van der Waals surface area contributed by atoms with Crippen LogP contribution in [0.3, 0.4) is 0 Å². The normalized spacial score (nSPS) is 12.2. The van der Waals surface area contributed by atoms with E-state index in [2.05, 4.69) is 21.2 Å². The Bertz CT molecular complexity index is 379. The van der Waals surface area contributed by atoms with E-state index >= 15 is 0 Å². The molecule has 0 saturated carbocycles. The van der Waals surface area contributed by atoms with Crippen molar-refractivity contribution < 1.29 is 4.79 Å². The Labute approximate surface area is 110 Å². The van der Waals surface area contributed by atoms with Gasteiger partial charge in [0.05, 0.1) is 10.6 Å². The topological polar surface area (TPSA) is 29.1 Å². The maximum atomic E-state index is 11.8. The minimum absolute atomic E-state index is 0.109. The van der Waals surface area contributed by atoms with Gasteiger partial charge in [-0.15, -0.1) is 0 Å². The molecule has 0 heterocycles. The second-order valence-corrected chi connectivity index (χ2v) is 5.70. The molecule has 4 heteroatoms. The van der Waals surface area contributed by atoms with Crippen molar-refractivity contribution in [1.29, 1.82) is 0 Å². The van der Waals surface area contributed by atoms with Gasteiger partial charge in [0.1, 0.15) is 0 Å². The van der Waals surface area contributed by atoms with Crippen molar-refractivity contribution in [3.8, 4) is 0 Å². The second-order valence-electron chi connectivity index (χ2n) is 3.76. The lowest BCUT2D eigenvalue weighted by molar-refractivity contribution is 0.0953. The summed E-state index contributed by atoms with van der Waals surface area (Å²) < 4.78 is 0. The number of hydrogen-bond donors (Lipinski definition) is 1. The standard InChI is InChI=1S/C12H15BrClNO/c1-8-4-3-5-10(11(8)14)12(16)15-7-6-9(2)13/h3-5,9H,6-7H2,1-2H3,(H,15,16). The lowest BCUT2D eigenvalue weighted by atomic mass is 10.1. The van der Waals surface area contributed by atoms with Gasteiger partial charge in [0.2, 0.25) is 0 Å². The van der Waals surface area contributed by atoms with Crippen LogP contribution in [0.1, 0.15) is 29.3 Å². The van der Waals surface area contributed by atoms with Crippen LogP contribution < -0.4 is 5.32 Å². The molecule has 0 aliphatic rings. The van der Waals surface area contributed by atoms with E-state index in [1.54, 1.807) is 6.07 Å². The Kier molecular flexibility index (Phi) is 5.29. The third-order valence-corrected chi connectivity index (χ3v) is 3.22. The summed E-state index contributed by atoms with van der Waals surface area (Å²) in [7, 11) is 0. The van der Waals surface area contributed by atoms with Crippen molar-refractivity contribution in [2.24, 2.45) is 0 Å². The molecular formula is C12H15BrClNO. The first-order chi connectivity index (χ1) is 7.52. The van der Waals surface area contributed by atoms with Gasteiger partial charge in [0, 0.05) is 11.4 Å². The summed E-state index contributed by atoms with van der Waals surface area (Å²) >= 11 is 9.49. The van der Waals surface area contributed by atoms with Crippen LogP contribution in [0.4, 0.5) is 0 Å². The molecule has 0 spiro atoms. The van der Waals surface area contributed by atoms with Gasteiger partial charge in [-0.2, -0.15) is 0 Å². The molecule has 1 aromatic rings. The maximum Gasteiger partial charge on any atom is 0.252 e. The summed E-state index contributed by atoms with van der Waals surface area (Å²) in [6.45, 7) is 4.58. The zero-order valence-electron chi connectivity index (χ0n) is 9.39. The lowest BCUT2D eigenvalue weighted by Crippen LogP contribution is -2.26. The Morgan fingerprint density at radius 1 is 1.56 bits per heavy atom. The second kappa shape index (κ2) is 6.26. The van der Waals surface area contributed by atoms with Crippen LogP contribution in [-0.4, -0.2) is 17.3 Å². The van der Waals surface area contributed by atoms with E-state index in [1.807, 2.05) is 26.0 Å². The molecule has 2 nitrogen and oxygen atoms in total. The molecule has 0 bridgehead atoms. The fraction of sp³-hybridized carbons (Fsp3) is 0.417. The van der Waals surface area contributed by atoms with Crippen LogP contribution >= 0.6 is 27.5 Å². The predicted molar refractivity (Wildman–Crippen MR) is 71.5 cm³/mol. The SMILES string of the molecule is Cc1cccc(C(=O)NCCC(C)Br)c1Cl. The third-order valence-electron chi connectivity index (χ3n) is 2.26. The van der Waals surface area contributed by atoms with E-state index in [-0.39, 0.29) is 5.91 Å². The van der Waals surface area contributed by atoms with Crippen molar-refractivity contribution >= 4 is 33.4 Å². The van der Waals surface area contributed by atoms with E-state index < -0.39 is 0 Å². The third kappa shape index (κ3) is 3.80. The quantitative estimate of drug-likeness (QED) is 0.847. The molecule has 0 aliphatic heterocycles. The van der Waals surface area contributed by atoms with Gasteiger partial charge in [0.25, 0.3) is 5.91 Å². The van der Waals surface area contributed by atoms with Crippen LogP contribution in [0.2, 0.25) is 5.02 Å². The van der Waals surface area contributed by atoms with E-state index in [9.17, 15) is 4.79 Å². The van der Waals surface area contributed by atoms with Gasteiger partial charge in [-0.05, 0) is 25.0 Å². The minimum atomic E-state index is -0.109. The predicted octanol–water partition coefficient (Wildman–Crippen LogP) is 3.55. The van der Waals surface area contributed by atoms with Crippen LogP contribution in [0.15, 0.2) is 18.2 Å². The highest BCUT2D eigenvalue weighted by Crippen LogP contribution is 2.19. The molecule has 16 heavy (non-hydrogen) atoms. The maximum absolute atomic E-state index is 11.8. The number of carbonyl (C=O) groups is 1. The minimum Gasteiger partial charge on any atom is -0.352 e. The van der Waals surface area contributed by atoms with Crippen LogP contribution in [0, 0.1) is 6.92 Å². The monoisotopic (exact) mass is 303 g/mol. The van der Waals surface area contributed by atoms with E-state index in [4.69, 9.17) is 11.6 Å². The van der Waals surface area contributed by atoms with Gasteiger partial charge < -0.3 is 5.32 Å². The number of carbonyl (C=O) groups excluding carboxylic acids is 1. The zero-order valence-corrected chi connectivity index (χ0v) is 11.7. The van der Waals surface area contributed by atoms with Gasteiger partial charge in [-0.3, -0.25) is 4.79 Å². The molecule has 1 unspecified atom stereocenters. The summed E-state index contributed by atoms with van der Waals surface area (Å²) in [6, 6.07) is 5.46. The molecule has 0 aromatic heterocycles. The molecule has 1 rings (SSSR count). The Hall–Kier alpha value is -0.540. The number of nitrogens with one attached hydrogen (secondary N) is 1. The Balaban J connectivity index is 2.63. The summed E-state index contributed by atoms with van der Waals surface area (Å²) in [4.78, 5) is 12.2. The van der Waals surface area contributed by atoms with Crippen LogP contribution in [0.25, 0.3) is 0 Å². The number of aryl methyl sites for hydroxylation is 1. The fourth-order valence-electron chi connectivity index (χ4n) is 1.30. The largest absolute Gasteiger partial charge is 0.352 e. The average Bonchev–Trinajstić information content (AvgIpc) is 2.21. The van der Waals surface area contributed by atoms with Gasteiger partial charge in [-0.25, -0.2) is 0 Å². The number of benzene rings is 1. The van der Waals surface area contributed by atoms with E-state index in [1.165, 1.54) is 0 Å². The molecule has 1 aromatic carbocycles. The Morgan fingerprint density at radius 3 is 2.88 bits per heavy atom. The highest BCUT2D eigenvalue weighted by molar-refractivity contribution is 9.09. The molecule has 0 radical (unpaired) electrons. The number of halogens is 2. The highest BCUT2D eigenvalue weighted by atomic mass is 79.9. The molecule has 1 amide bonds. The zero-order chi connectivity index (χ0) is 12.1. The van der Waals surface area contributed by atoms with E-state index in [0.717, 1.165) is 12.0 Å². The van der Waals surface area contributed by atoms with Crippen molar-refractivity contribution in [3.05, 3.63) is 34.3 Å². The first-order valence-corrected chi connectivity index (χ1v) is 6.49. The highest BCUT2D eigenvalue weighted by Gasteiger charge is 2.10. The van der Waals surface area contributed by atoms with E-state index in [0.29, 0.717) is 22.0 Å². The summed E-state index contributed by atoms with van der Waals surface area (Å²) in [5.41, 5.74) is 1.46. The van der Waals surface area contributed by atoms with Gasteiger partial charge >= 0.3 is 0 Å². The summed E-state index contributed by atoms with van der Waals surface area (Å²) in [6.07, 6.45) is 0.898. The van der Waals surface area contributed by atoms with Crippen molar-refractivity contribution in [1.82, 2.24) is 5.32 Å². The number of amides is 1. The van der Waals surface area contributed by atoms with Crippen LogP contribution in [0.5, 0.6) is 0 Å². The number of rotatable bonds is 4. The van der Waals surface area contributed by atoms with Crippen molar-refractivity contribution in [3.63, 3.8) is 0 Å². The van der Waals surface area contributed by atoms with Crippen molar-refractivity contribution in [2.75, 3.05) is 6.54 Å². The van der Waals surface area contributed by atoms with Crippen molar-refractivity contribution in [2.45, 2.75) is 25.1 Å². The molecule has 0 saturated heterocycles. The van der Waals surface area contributed by atoms with Crippen LogP contribution in [-0.2, 0) is 0 Å². The summed E-state index contributed by atoms with van der Waals surface area (Å²) in [5.74, 6) is -0.109. The smallest absolute Gasteiger partial charge is 0.252 e. The molecule has 0 fully saturated rings. The molecule has 1 atom stereocenters. The molecular weight excluding hydrogens is 289 g/mol. The lowest BCUT2D eigenvalue weighted by Gasteiger charge is -2.08. The average molecular weight is 305 g/mol. The first kappa shape index (κ1) is 13.5. The van der Waals surface area contributed by atoms with Gasteiger partial charge in [-0.1, -0.05) is 46.6 Å². The first-order valence-electron chi connectivity index (χ1n) is 5.19.